The zero-order chi connectivity index (χ0) is 12.6. The lowest BCUT2D eigenvalue weighted by Gasteiger charge is -2.13. The minimum Gasteiger partial charge on any atom is -0.352 e. The fourth-order valence-electron chi connectivity index (χ4n) is 2.30. The molecule has 0 bridgehead atoms. The third kappa shape index (κ3) is 2.24. The fourth-order valence-corrected chi connectivity index (χ4v) is 2.30. The van der Waals surface area contributed by atoms with Gasteiger partial charge < -0.3 is 10.6 Å². The van der Waals surface area contributed by atoms with Crippen molar-refractivity contribution in [3.63, 3.8) is 0 Å². The van der Waals surface area contributed by atoms with Gasteiger partial charge in [0.15, 0.2) is 0 Å². The molecule has 3 nitrogen and oxygen atoms in total. The number of amides is 1. The maximum absolute atomic E-state index is 11.9. The molecular formula is C13H26N2O. The van der Waals surface area contributed by atoms with Gasteiger partial charge in [-0.1, -0.05) is 41.5 Å². The molecule has 16 heavy (non-hydrogen) atoms. The molecule has 1 fully saturated rings. The van der Waals surface area contributed by atoms with Gasteiger partial charge in [0.05, 0.1) is 0 Å². The Labute approximate surface area is 99.4 Å². The highest BCUT2D eigenvalue weighted by atomic mass is 16.2. The molecule has 0 spiro atoms. The highest BCUT2D eigenvalue weighted by molar-refractivity contribution is 5.79. The summed E-state index contributed by atoms with van der Waals surface area (Å²) in [5.41, 5.74) is 0.446. The zero-order valence-electron chi connectivity index (χ0n) is 11.5. The molecule has 3 heteroatoms. The van der Waals surface area contributed by atoms with Gasteiger partial charge in [-0.15, -0.1) is 0 Å². The topological polar surface area (TPSA) is 41.1 Å². The Bertz CT molecular complexity index is 257. The van der Waals surface area contributed by atoms with E-state index in [9.17, 15) is 4.79 Å². The van der Waals surface area contributed by atoms with Crippen LogP contribution in [0.15, 0.2) is 0 Å². The normalized spacial score (nSPS) is 23.9. The molecule has 1 rings (SSSR count). The van der Waals surface area contributed by atoms with Crippen molar-refractivity contribution in [2.75, 3.05) is 13.1 Å². The van der Waals surface area contributed by atoms with Gasteiger partial charge in [-0.3, -0.25) is 4.79 Å². The van der Waals surface area contributed by atoms with Crippen LogP contribution in [-0.4, -0.2) is 25.0 Å². The molecule has 0 aromatic carbocycles. The molecule has 1 atom stereocenters. The number of nitrogens with one attached hydrogen (secondary N) is 2. The van der Waals surface area contributed by atoms with E-state index in [0.717, 1.165) is 13.1 Å². The zero-order valence-corrected chi connectivity index (χ0v) is 11.5. The molecule has 0 aromatic heterocycles. The Hall–Kier alpha value is -0.570. The summed E-state index contributed by atoms with van der Waals surface area (Å²) >= 11 is 0. The Kier molecular flexibility index (Phi) is 3.68. The van der Waals surface area contributed by atoms with E-state index in [1.165, 1.54) is 0 Å². The van der Waals surface area contributed by atoms with Crippen molar-refractivity contribution in [2.45, 2.75) is 47.6 Å². The molecule has 1 saturated carbocycles. The van der Waals surface area contributed by atoms with Crippen LogP contribution in [0.25, 0.3) is 0 Å². The molecule has 0 aliphatic heterocycles. The molecule has 2 N–H and O–H groups in total. The summed E-state index contributed by atoms with van der Waals surface area (Å²) in [6.45, 7) is 14.6. The van der Waals surface area contributed by atoms with Crippen LogP contribution in [0, 0.1) is 16.7 Å². The predicted octanol–water partition coefficient (Wildman–Crippen LogP) is 1.78. The van der Waals surface area contributed by atoms with Crippen LogP contribution in [0.5, 0.6) is 0 Å². The smallest absolute Gasteiger partial charge is 0.224 e. The van der Waals surface area contributed by atoms with E-state index in [2.05, 4.69) is 45.3 Å². The second-order valence-electron chi connectivity index (χ2n) is 6.09. The Morgan fingerprint density at radius 1 is 1.25 bits per heavy atom. The summed E-state index contributed by atoms with van der Waals surface area (Å²) in [6, 6.07) is 0.316. The van der Waals surface area contributed by atoms with Crippen molar-refractivity contribution in [1.82, 2.24) is 10.6 Å². The maximum atomic E-state index is 11.9. The lowest BCUT2D eigenvalue weighted by Crippen LogP contribution is -2.38. The van der Waals surface area contributed by atoms with Crippen LogP contribution in [0.4, 0.5) is 0 Å². The minimum absolute atomic E-state index is 0.0483. The summed E-state index contributed by atoms with van der Waals surface area (Å²) in [6.07, 6.45) is 0. The van der Waals surface area contributed by atoms with Crippen LogP contribution >= 0.6 is 0 Å². The monoisotopic (exact) mass is 226 g/mol. The van der Waals surface area contributed by atoms with Gasteiger partial charge in [-0.05, 0) is 17.4 Å². The van der Waals surface area contributed by atoms with Gasteiger partial charge in [0, 0.05) is 18.5 Å². The number of hydrogen-bond acceptors (Lipinski definition) is 2. The molecule has 1 aliphatic rings. The van der Waals surface area contributed by atoms with Crippen LogP contribution in [0.2, 0.25) is 0 Å². The molecule has 0 radical (unpaired) electrons. The van der Waals surface area contributed by atoms with Crippen molar-refractivity contribution in [3.05, 3.63) is 0 Å². The SMILES string of the molecule is CCNCC(C)C(=O)NC1C(C)(C)C1(C)C. The second kappa shape index (κ2) is 4.36. The number of carbonyl (C=O) groups is 1. The molecular weight excluding hydrogens is 200 g/mol. The van der Waals surface area contributed by atoms with Crippen LogP contribution in [-0.2, 0) is 4.79 Å². The Morgan fingerprint density at radius 2 is 1.75 bits per heavy atom. The molecule has 94 valence electrons. The number of rotatable bonds is 5. The van der Waals surface area contributed by atoms with Gasteiger partial charge in [-0.2, -0.15) is 0 Å². The van der Waals surface area contributed by atoms with Crippen molar-refractivity contribution in [3.8, 4) is 0 Å². The molecule has 1 amide bonds. The highest BCUT2D eigenvalue weighted by Gasteiger charge is 2.65. The van der Waals surface area contributed by atoms with E-state index < -0.39 is 0 Å². The van der Waals surface area contributed by atoms with Crippen molar-refractivity contribution in [2.24, 2.45) is 16.7 Å². The van der Waals surface area contributed by atoms with Gasteiger partial charge in [0.2, 0.25) is 5.91 Å². The summed E-state index contributed by atoms with van der Waals surface area (Å²) in [5, 5.41) is 6.37. The van der Waals surface area contributed by atoms with Gasteiger partial charge in [0.1, 0.15) is 0 Å². The third-order valence-corrected chi connectivity index (χ3v) is 4.46. The maximum Gasteiger partial charge on any atom is 0.224 e. The summed E-state index contributed by atoms with van der Waals surface area (Å²) in [4.78, 5) is 11.9. The first-order chi connectivity index (χ1) is 7.25. The summed E-state index contributed by atoms with van der Waals surface area (Å²) in [7, 11) is 0. The molecule has 0 heterocycles. The summed E-state index contributed by atoms with van der Waals surface area (Å²) in [5.74, 6) is 0.219. The second-order valence-corrected chi connectivity index (χ2v) is 6.09. The number of carbonyl (C=O) groups excluding carboxylic acids is 1. The van der Waals surface area contributed by atoms with E-state index in [4.69, 9.17) is 0 Å². The first kappa shape index (κ1) is 13.5. The highest BCUT2D eigenvalue weighted by Crippen LogP contribution is 2.62. The van der Waals surface area contributed by atoms with Crippen molar-refractivity contribution >= 4 is 5.91 Å². The third-order valence-electron chi connectivity index (χ3n) is 4.46. The average Bonchev–Trinajstić information content (AvgIpc) is 2.57. The van der Waals surface area contributed by atoms with Gasteiger partial charge in [0.25, 0.3) is 0 Å². The minimum atomic E-state index is 0.0483. The van der Waals surface area contributed by atoms with Crippen molar-refractivity contribution in [1.29, 1.82) is 0 Å². The van der Waals surface area contributed by atoms with Gasteiger partial charge >= 0.3 is 0 Å². The van der Waals surface area contributed by atoms with E-state index >= 15 is 0 Å². The fraction of sp³-hybridized carbons (Fsp3) is 0.923. The van der Waals surface area contributed by atoms with E-state index in [1.807, 2.05) is 6.92 Å². The molecule has 0 aromatic rings. The molecule has 1 aliphatic carbocycles. The van der Waals surface area contributed by atoms with E-state index in [-0.39, 0.29) is 22.7 Å². The quantitative estimate of drug-likeness (QED) is 0.750. The number of hydrogen-bond donors (Lipinski definition) is 2. The summed E-state index contributed by atoms with van der Waals surface area (Å²) < 4.78 is 0. The van der Waals surface area contributed by atoms with E-state index in [1.54, 1.807) is 0 Å². The predicted molar refractivity (Wildman–Crippen MR) is 67.2 cm³/mol. The molecule has 0 saturated heterocycles. The largest absolute Gasteiger partial charge is 0.352 e. The van der Waals surface area contributed by atoms with Crippen LogP contribution in [0.3, 0.4) is 0 Å². The lowest BCUT2D eigenvalue weighted by atomic mass is 10.0. The Morgan fingerprint density at radius 3 is 2.12 bits per heavy atom. The first-order valence-electron chi connectivity index (χ1n) is 6.26. The van der Waals surface area contributed by atoms with Gasteiger partial charge in [-0.25, -0.2) is 0 Å². The standard InChI is InChI=1S/C13H26N2O/c1-7-14-8-9(2)10(16)15-11-12(3,4)13(11,5)6/h9,11,14H,7-8H2,1-6H3,(H,15,16). The molecule has 1 unspecified atom stereocenters. The van der Waals surface area contributed by atoms with E-state index in [0.29, 0.717) is 6.04 Å². The lowest BCUT2D eigenvalue weighted by molar-refractivity contribution is -0.124. The average molecular weight is 226 g/mol. The van der Waals surface area contributed by atoms with Crippen LogP contribution < -0.4 is 10.6 Å². The Balaban J connectivity index is 2.42. The van der Waals surface area contributed by atoms with Crippen LogP contribution in [0.1, 0.15) is 41.5 Å². The first-order valence-corrected chi connectivity index (χ1v) is 6.26. The van der Waals surface area contributed by atoms with Crippen molar-refractivity contribution < 1.29 is 4.79 Å².